The monoisotopic (exact) mass is 419 g/mol. The van der Waals surface area contributed by atoms with Gasteiger partial charge >= 0.3 is 0 Å². The Labute approximate surface area is 174 Å². The molecule has 1 aromatic rings. The first kappa shape index (κ1) is 20.7. The van der Waals surface area contributed by atoms with Crippen LogP contribution in [0.15, 0.2) is 24.3 Å². The minimum atomic E-state index is -2.99. The van der Waals surface area contributed by atoms with Gasteiger partial charge in [-0.2, -0.15) is 0 Å². The van der Waals surface area contributed by atoms with Crippen molar-refractivity contribution >= 4 is 21.4 Å². The third-order valence-corrected chi connectivity index (χ3v) is 8.55. The third kappa shape index (κ3) is 4.77. The highest BCUT2D eigenvalue weighted by molar-refractivity contribution is 7.91. The van der Waals surface area contributed by atoms with Gasteiger partial charge in [0.2, 0.25) is 5.91 Å². The second-order valence-corrected chi connectivity index (χ2v) is 11.1. The first-order valence-electron chi connectivity index (χ1n) is 11.0. The quantitative estimate of drug-likeness (QED) is 0.731. The number of benzene rings is 1. The predicted octanol–water partition coefficient (Wildman–Crippen LogP) is 2.08. The highest BCUT2D eigenvalue weighted by Crippen LogP contribution is 2.29. The minimum absolute atomic E-state index is 0.121. The van der Waals surface area contributed by atoms with E-state index in [1.165, 1.54) is 11.3 Å². The van der Waals surface area contributed by atoms with Crippen molar-refractivity contribution in [3.8, 4) is 0 Å². The van der Waals surface area contributed by atoms with E-state index in [9.17, 15) is 13.2 Å². The average molecular weight is 420 g/mol. The van der Waals surface area contributed by atoms with E-state index in [-0.39, 0.29) is 29.5 Å². The number of nitrogens with zero attached hydrogens (tertiary/aromatic N) is 3. The molecular weight excluding hydrogens is 386 g/mol. The molecule has 1 amide bonds. The van der Waals surface area contributed by atoms with Crippen molar-refractivity contribution in [2.75, 3.05) is 49.1 Å². The third-order valence-electron chi connectivity index (χ3n) is 6.80. The van der Waals surface area contributed by atoms with Crippen molar-refractivity contribution in [3.05, 3.63) is 29.8 Å². The van der Waals surface area contributed by atoms with Crippen LogP contribution < -0.4 is 4.90 Å². The van der Waals surface area contributed by atoms with Crippen LogP contribution in [0.3, 0.4) is 0 Å². The zero-order chi connectivity index (χ0) is 20.4. The van der Waals surface area contributed by atoms with Crippen molar-refractivity contribution in [1.29, 1.82) is 0 Å². The van der Waals surface area contributed by atoms with Gasteiger partial charge in [-0.1, -0.05) is 31.0 Å². The molecule has 6 nitrogen and oxygen atoms in total. The van der Waals surface area contributed by atoms with Gasteiger partial charge in [0.25, 0.3) is 0 Å². The average Bonchev–Trinajstić information content (AvgIpc) is 3.33. The molecule has 4 rings (SSSR count). The van der Waals surface area contributed by atoms with E-state index < -0.39 is 9.84 Å². The van der Waals surface area contributed by atoms with Gasteiger partial charge in [-0.15, -0.1) is 0 Å². The van der Waals surface area contributed by atoms with Crippen LogP contribution in [0.25, 0.3) is 0 Å². The van der Waals surface area contributed by atoms with Crippen LogP contribution in [0.5, 0.6) is 0 Å². The number of aryl methyl sites for hydroxylation is 1. The van der Waals surface area contributed by atoms with Crippen LogP contribution >= 0.6 is 0 Å². The van der Waals surface area contributed by atoms with Gasteiger partial charge < -0.3 is 9.80 Å². The first-order chi connectivity index (χ1) is 13.9. The summed E-state index contributed by atoms with van der Waals surface area (Å²) < 4.78 is 24.0. The molecule has 2 saturated heterocycles. The van der Waals surface area contributed by atoms with Crippen molar-refractivity contribution in [2.24, 2.45) is 0 Å². The molecule has 2 aliphatic heterocycles. The molecule has 1 aromatic carbocycles. The summed E-state index contributed by atoms with van der Waals surface area (Å²) in [6, 6.07) is 8.55. The van der Waals surface area contributed by atoms with Crippen molar-refractivity contribution in [2.45, 2.75) is 51.1 Å². The van der Waals surface area contributed by atoms with Crippen LogP contribution in [0.2, 0.25) is 0 Å². The lowest BCUT2D eigenvalue weighted by Crippen LogP contribution is -2.54. The summed E-state index contributed by atoms with van der Waals surface area (Å²) in [5, 5.41) is 0. The molecule has 29 heavy (non-hydrogen) atoms. The largest absolute Gasteiger partial charge is 0.369 e. The molecule has 160 valence electrons. The van der Waals surface area contributed by atoms with E-state index in [1.807, 2.05) is 4.90 Å². The van der Waals surface area contributed by atoms with Gasteiger partial charge in [0.15, 0.2) is 9.84 Å². The molecule has 0 spiro atoms. The maximum Gasteiger partial charge on any atom is 0.237 e. The van der Waals surface area contributed by atoms with Crippen LogP contribution in [0.4, 0.5) is 5.69 Å². The fraction of sp³-hybridized carbons (Fsp3) is 0.682. The van der Waals surface area contributed by atoms with Gasteiger partial charge in [-0.3, -0.25) is 9.69 Å². The summed E-state index contributed by atoms with van der Waals surface area (Å²) in [5.74, 6) is 0.503. The summed E-state index contributed by atoms with van der Waals surface area (Å²) in [4.78, 5) is 19.9. The standard InChI is InChI=1S/C22H33N3O3S/c1-18-6-2-5-9-21(18)24-13-11-23(12-14-24)16-22(26)25(19-7-3-4-8-19)20-10-15-29(27,28)17-20/h2,5-6,9,19-20H,3-4,7-8,10-17H2,1H3/t20-/m0/s1. The smallest absolute Gasteiger partial charge is 0.237 e. The van der Waals surface area contributed by atoms with E-state index in [2.05, 4.69) is 41.0 Å². The Balaban J connectivity index is 1.37. The van der Waals surface area contributed by atoms with E-state index in [0.717, 1.165) is 51.9 Å². The summed E-state index contributed by atoms with van der Waals surface area (Å²) >= 11 is 0. The van der Waals surface area contributed by atoms with Crippen LogP contribution in [-0.4, -0.2) is 80.4 Å². The maximum absolute atomic E-state index is 13.3. The Kier molecular flexibility index (Phi) is 6.16. The molecule has 0 unspecified atom stereocenters. The van der Waals surface area contributed by atoms with E-state index in [4.69, 9.17) is 0 Å². The Morgan fingerprint density at radius 2 is 1.72 bits per heavy atom. The number of hydrogen-bond donors (Lipinski definition) is 0. The van der Waals surface area contributed by atoms with Gasteiger partial charge in [0, 0.05) is 44.0 Å². The van der Waals surface area contributed by atoms with E-state index >= 15 is 0 Å². The number of para-hydroxylation sites is 1. The van der Waals surface area contributed by atoms with Crippen LogP contribution in [0, 0.1) is 6.92 Å². The summed E-state index contributed by atoms with van der Waals surface area (Å²) in [6.07, 6.45) is 4.92. The molecule has 3 aliphatic rings. The molecular formula is C22H33N3O3S. The summed E-state index contributed by atoms with van der Waals surface area (Å²) in [7, 11) is -2.99. The minimum Gasteiger partial charge on any atom is -0.369 e. The normalized spacial score (nSPS) is 25.4. The Morgan fingerprint density at radius 1 is 1.03 bits per heavy atom. The molecule has 0 radical (unpaired) electrons. The number of piperazine rings is 1. The zero-order valence-electron chi connectivity index (χ0n) is 17.4. The second-order valence-electron chi connectivity index (χ2n) is 8.85. The number of anilines is 1. The molecule has 3 fully saturated rings. The highest BCUT2D eigenvalue weighted by Gasteiger charge is 2.39. The molecule has 0 bridgehead atoms. The lowest BCUT2D eigenvalue weighted by molar-refractivity contribution is -0.137. The molecule has 1 saturated carbocycles. The molecule has 7 heteroatoms. The number of rotatable bonds is 5. The van der Waals surface area contributed by atoms with Gasteiger partial charge in [0.1, 0.15) is 0 Å². The van der Waals surface area contributed by atoms with Gasteiger partial charge in [-0.05, 0) is 37.8 Å². The van der Waals surface area contributed by atoms with E-state index in [0.29, 0.717) is 13.0 Å². The summed E-state index contributed by atoms with van der Waals surface area (Å²) in [5.41, 5.74) is 2.56. The fourth-order valence-corrected chi connectivity index (χ4v) is 6.93. The molecule has 0 N–H and O–H groups in total. The van der Waals surface area contributed by atoms with Gasteiger partial charge in [-0.25, -0.2) is 8.42 Å². The fourth-order valence-electron chi connectivity index (χ4n) is 5.22. The van der Waals surface area contributed by atoms with Crippen molar-refractivity contribution in [3.63, 3.8) is 0 Å². The number of carbonyl (C=O) groups is 1. The lowest BCUT2D eigenvalue weighted by Gasteiger charge is -2.39. The molecule has 1 atom stereocenters. The number of carbonyl (C=O) groups excluding carboxylic acids is 1. The molecule has 1 aliphatic carbocycles. The van der Waals surface area contributed by atoms with Crippen molar-refractivity contribution < 1.29 is 13.2 Å². The number of sulfone groups is 1. The number of hydrogen-bond acceptors (Lipinski definition) is 5. The maximum atomic E-state index is 13.3. The van der Waals surface area contributed by atoms with Crippen LogP contribution in [-0.2, 0) is 14.6 Å². The van der Waals surface area contributed by atoms with Crippen molar-refractivity contribution in [1.82, 2.24) is 9.80 Å². The second kappa shape index (κ2) is 8.64. The van der Waals surface area contributed by atoms with Crippen LogP contribution in [0.1, 0.15) is 37.7 Å². The van der Waals surface area contributed by atoms with Gasteiger partial charge in [0.05, 0.1) is 18.1 Å². The van der Waals surface area contributed by atoms with E-state index in [1.54, 1.807) is 0 Å². The summed E-state index contributed by atoms with van der Waals surface area (Å²) in [6.45, 7) is 6.11. The first-order valence-corrected chi connectivity index (χ1v) is 12.8. The Morgan fingerprint density at radius 3 is 2.34 bits per heavy atom. The topological polar surface area (TPSA) is 60.9 Å². The highest BCUT2D eigenvalue weighted by atomic mass is 32.2. The molecule has 2 heterocycles. The lowest BCUT2D eigenvalue weighted by atomic mass is 10.1. The SMILES string of the molecule is Cc1ccccc1N1CCN(CC(=O)N(C2CCCC2)[C@H]2CCS(=O)(=O)C2)CC1. The Bertz CT molecular complexity index is 827. The Hall–Kier alpha value is -1.60. The predicted molar refractivity (Wildman–Crippen MR) is 116 cm³/mol. The molecule has 0 aromatic heterocycles. The zero-order valence-corrected chi connectivity index (χ0v) is 18.2. The number of amides is 1.